The Morgan fingerprint density at radius 3 is 2.48 bits per heavy atom. The molecule has 146 valence electrons. The van der Waals surface area contributed by atoms with Crippen LogP contribution in [0, 0.1) is 11.3 Å². The van der Waals surface area contributed by atoms with Crippen molar-refractivity contribution in [3.63, 3.8) is 0 Å². The zero-order chi connectivity index (χ0) is 20.6. The van der Waals surface area contributed by atoms with Crippen LogP contribution in [0.2, 0.25) is 0 Å². The van der Waals surface area contributed by atoms with Crippen LogP contribution in [0.3, 0.4) is 0 Å². The molecule has 0 unspecified atom stereocenters. The lowest BCUT2D eigenvalue weighted by atomic mass is 9.89. The summed E-state index contributed by atoms with van der Waals surface area (Å²) in [5.74, 6) is -0.732. The van der Waals surface area contributed by atoms with Gasteiger partial charge in [0.2, 0.25) is 0 Å². The molecule has 1 fully saturated rings. The van der Waals surface area contributed by atoms with Crippen LogP contribution in [0.5, 0.6) is 0 Å². The first-order valence-corrected chi connectivity index (χ1v) is 9.72. The number of carbonyl (C=O) groups is 3. The molecule has 0 radical (unpaired) electrons. The minimum Gasteiger partial charge on any atom is -0.319 e. The summed E-state index contributed by atoms with van der Waals surface area (Å²) in [7, 11) is 0. The van der Waals surface area contributed by atoms with Crippen molar-refractivity contribution in [2.45, 2.75) is 38.1 Å². The summed E-state index contributed by atoms with van der Waals surface area (Å²) in [6.07, 6.45) is 4.26. The Hall–Kier alpha value is -3.46. The van der Waals surface area contributed by atoms with E-state index in [9.17, 15) is 14.4 Å². The van der Waals surface area contributed by atoms with E-state index in [0.29, 0.717) is 16.7 Å². The number of carbonyl (C=O) groups excluding carboxylic acids is 3. The largest absolute Gasteiger partial charge is 0.325 e. The number of ketones is 1. The Kier molecular flexibility index (Phi) is 4.67. The van der Waals surface area contributed by atoms with E-state index in [1.54, 1.807) is 37.3 Å². The first kappa shape index (κ1) is 18.9. The van der Waals surface area contributed by atoms with Crippen molar-refractivity contribution in [3.8, 4) is 6.07 Å². The van der Waals surface area contributed by atoms with Crippen LogP contribution in [0.15, 0.2) is 42.5 Å². The summed E-state index contributed by atoms with van der Waals surface area (Å²) in [5, 5.41) is 11.6. The first-order chi connectivity index (χ1) is 13.9. The average Bonchev–Trinajstić information content (AvgIpc) is 2.97. The van der Waals surface area contributed by atoms with Crippen LogP contribution in [0.4, 0.5) is 4.79 Å². The second kappa shape index (κ2) is 7.17. The Balaban J connectivity index is 1.54. The number of nitriles is 1. The van der Waals surface area contributed by atoms with Gasteiger partial charge in [-0.3, -0.25) is 14.5 Å². The maximum Gasteiger partial charge on any atom is 0.325 e. The van der Waals surface area contributed by atoms with E-state index in [1.807, 2.05) is 18.2 Å². The summed E-state index contributed by atoms with van der Waals surface area (Å²) >= 11 is 0. The Bertz CT molecular complexity index is 1050. The molecular weight excluding hydrogens is 366 g/mol. The number of benzene rings is 2. The zero-order valence-corrected chi connectivity index (χ0v) is 16.2. The number of hydrogen-bond acceptors (Lipinski definition) is 4. The maximum atomic E-state index is 13.0. The van der Waals surface area contributed by atoms with E-state index in [4.69, 9.17) is 5.26 Å². The van der Waals surface area contributed by atoms with E-state index in [1.165, 1.54) is 11.1 Å². The Morgan fingerprint density at radius 2 is 1.79 bits per heavy atom. The number of hydrogen-bond donors (Lipinski definition) is 1. The molecule has 6 nitrogen and oxygen atoms in total. The van der Waals surface area contributed by atoms with Gasteiger partial charge in [-0.25, -0.2) is 4.79 Å². The molecule has 0 bridgehead atoms. The molecule has 0 aromatic heterocycles. The highest BCUT2D eigenvalue weighted by Crippen LogP contribution is 2.29. The summed E-state index contributed by atoms with van der Waals surface area (Å²) in [5.41, 5.74) is 2.75. The summed E-state index contributed by atoms with van der Waals surface area (Å²) in [4.78, 5) is 39.3. The van der Waals surface area contributed by atoms with Crippen molar-refractivity contribution in [2.24, 2.45) is 0 Å². The number of fused-ring (bicyclic) bond motifs is 1. The maximum absolute atomic E-state index is 13.0. The van der Waals surface area contributed by atoms with Crippen molar-refractivity contribution < 1.29 is 14.4 Å². The molecule has 2 aromatic rings. The van der Waals surface area contributed by atoms with Crippen LogP contribution in [-0.4, -0.2) is 29.2 Å². The standard InChI is InChI=1S/C23H21N3O3/c1-23(19-10-6-15(13-24)7-11-19)21(28)26(22(29)25-23)14-20(27)18-9-8-16-4-2-3-5-17(16)12-18/h6-12H,2-5,14H2,1H3,(H,25,29)/t23-/m1/s1. The molecule has 1 heterocycles. The van der Waals surface area contributed by atoms with E-state index in [0.717, 1.165) is 30.6 Å². The molecular formula is C23H21N3O3. The SMILES string of the molecule is C[C@]1(c2ccc(C#N)cc2)NC(=O)N(CC(=O)c2ccc3c(c2)CCCC3)C1=O. The quantitative estimate of drug-likeness (QED) is 0.645. The van der Waals surface area contributed by atoms with Gasteiger partial charge in [-0.2, -0.15) is 5.26 Å². The van der Waals surface area contributed by atoms with Gasteiger partial charge in [0, 0.05) is 5.56 Å². The van der Waals surface area contributed by atoms with Crippen LogP contribution in [0.1, 0.15) is 52.4 Å². The van der Waals surface area contributed by atoms with Crippen molar-refractivity contribution in [3.05, 3.63) is 70.3 Å². The number of nitrogens with zero attached hydrogens (tertiary/aromatic N) is 2. The normalized spacial score (nSPS) is 20.8. The smallest absolute Gasteiger partial charge is 0.319 e. The number of nitrogens with one attached hydrogen (secondary N) is 1. The van der Waals surface area contributed by atoms with E-state index >= 15 is 0 Å². The van der Waals surface area contributed by atoms with Crippen LogP contribution >= 0.6 is 0 Å². The number of amides is 3. The fraction of sp³-hybridized carbons (Fsp3) is 0.304. The molecule has 1 atom stereocenters. The van der Waals surface area contributed by atoms with Crippen molar-refractivity contribution in [2.75, 3.05) is 6.54 Å². The third kappa shape index (κ3) is 3.29. The third-order valence-corrected chi connectivity index (χ3v) is 5.84. The van der Waals surface area contributed by atoms with Gasteiger partial charge in [0.15, 0.2) is 5.78 Å². The van der Waals surface area contributed by atoms with Gasteiger partial charge < -0.3 is 5.32 Å². The molecule has 6 heteroatoms. The van der Waals surface area contributed by atoms with Crippen LogP contribution in [0.25, 0.3) is 0 Å². The monoisotopic (exact) mass is 387 g/mol. The molecule has 1 aliphatic carbocycles. The molecule has 2 aromatic carbocycles. The molecule has 0 spiro atoms. The predicted octanol–water partition coefficient (Wildman–Crippen LogP) is 3.09. The molecule has 1 N–H and O–H groups in total. The summed E-state index contributed by atoms with van der Waals surface area (Å²) < 4.78 is 0. The lowest BCUT2D eigenvalue weighted by Gasteiger charge is -2.22. The molecule has 4 rings (SSSR count). The lowest BCUT2D eigenvalue weighted by molar-refractivity contribution is -0.130. The number of rotatable bonds is 4. The average molecular weight is 387 g/mol. The van der Waals surface area contributed by atoms with Crippen molar-refractivity contribution >= 4 is 17.7 Å². The third-order valence-electron chi connectivity index (χ3n) is 5.84. The second-order valence-corrected chi connectivity index (χ2v) is 7.75. The first-order valence-electron chi connectivity index (χ1n) is 9.72. The van der Waals surface area contributed by atoms with Gasteiger partial charge in [-0.05, 0) is 67.5 Å². The fourth-order valence-corrected chi connectivity index (χ4v) is 4.06. The number of Topliss-reactive ketones (excluding diaryl/α,β-unsaturated/α-hetero) is 1. The minimum absolute atomic E-state index is 0.258. The predicted molar refractivity (Wildman–Crippen MR) is 106 cm³/mol. The zero-order valence-electron chi connectivity index (χ0n) is 16.2. The molecule has 1 aliphatic heterocycles. The van der Waals surface area contributed by atoms with Crippen LogP contribution < -0.4 is 5.32 Å². The van der Waals surface area contributed by atoms with Crippen molar-refractivity contribution in [1.82, 2.24) is 10.2 Å². The van der Waals surface area contributed by atoms with Gasteiger partial charge in [0.1, 0.15) is 5.54 Å². The van der Waals surface area contributed by atoms with Gasteiger partial charge in [0.25, 0.3) is 5.91 Å². The van der Waals surface area contributed by atoms with Gasteiger partial charge in [-0.15, -0.1) is 0 Å². The van der Waals surface area contributed by atoms with Gasteiger partial charge in [0.05, 0.1) is 18.2 Å². The minimum atomic E-state index is -1.26. The molecule has 3 amide bonds. The molecule has 0 saturated carbocycles. The lowest BCUT2D eigenvalue weighted by Crippen LogP contribution is -2.41. The topological polar surface area (TPSA) is 90.3 Å². The summed E-state index contributed by atoms with van der Waals surface area (Å²) in [6, 6.07) is 13.6. The number of aryl methyl sites for hydroxylation is 2. The summed E-state index contributed by atoms with van der Waals surface area (Å²) in [6.45, 7) is 1.31. The van der Waals surface area contributed by atoms with E-state index in [-0.39, 0.29) is 12.3 Å². The highest BCUT2D eigenvalue weighted by atomic mass is 16.2. The Labute approximate surface area is 169 Å². The molecule has 1 saturated heterocycles. The second-order valence-electron chi connectivity index (χ2n) is 7.75. The van der Waals surface area contributed by atoms with Gasteiger partial charge >= 0.3 is 6.03 Å². The van der Waals surface area contributed by atoms with Gasteiger partial charge in [-0.1, -0.05) is 24.3 Å². The highest BCUT2D eigenvalue weighted by Gasteiger charge is 2.49. The fourth-order valence-electron chi connectivity index (χ4n) is 4.06. The number of imide groups is 1. The highest BCUT2D eigenvalue weighted by molar-refractivity contribution is 6.11. The van der Waals surface area contributed by atoms with E-state index < -0.39 is 17.5 Å². The van der Waals surface area contributed by atoms with Crippen molar-refractivity contribution in [1.29, 1.82) is 5.26 Å². The molecule has 2 aliphatic rings. The van der Waals surface area contributed by atoms with Crippen LogP contribution in [-0.2, 0) is 23.2 Å². The molecule has 29 heavy (non-hydrogen) atoms. The van der Waals surface area contributed by atoms with E-state index in [2.05, 4.69) is 5.32 Å². The number of urea groups is 1. The Morgan fingerprint density at radius 1 is 1.10 bits per heavy atom.